The molecule has 0 saturated carbocycles. The summed E-state index contributed by atoms with van der Waals surface area (Å²) >= 11 is 3.81. The molecule has 4 aromatic carbocycles. The van der Waals surface area contributed by atoms with Gasteiger partial charge >= 0.3 is 58.0 Å². The molecule has 0 atom stereocenters. The molecule has 0 aliphatic rings. The van der Waals surface area contributed by atoms with E-state index < -0.39 is 0 Å². The normalized spacial score (nSPS) is 9.13. The predicted octanol–water partition coefficient (Wildman–Crippen LogP) is 0.544. The molecule has 0 aliphatic heterocycles. The van der Waals surface area contributed by atoms with Crippen LogP contribution in [0.2, 0.25) is 0 Å². The molecule has 0 unspecified atom stereocenters. The van der Waals surface area contributed by atoms with Crippen LogP contribution in [0.25, 0.3) is 21.5 Å². The number of benzene rings is 4. The van der Waals surface area contributed by atoms with Crippen molar-refractivity contribution in [1.82, 2.24) is 0 Å². The van der Waals surface area contributed by atoms with Crippen LogP contribution in [-0.2, 0) is 20.0 Å². The molecule has 0 aliphatic carbocycles. The maximum absolute atomic E-state index is 9.37. The van der Waals surface area contributed by atoms with E-state index in [1.54, 1.807) is 23.5 Å². The van der Waals surface area contributed by atoms with E-state index in [4.69, 9.17) is 0 Å². The third-order valence-electron chi connectivity index (χ3n) is 4.22. The summed E-state index contributed by atoms with van der Waals surface area (Å²) in [6.07, 6.45) is 0. The van der Waals surface area contributed by atoms with E-state index in [0.717, 1.165) is 21.5 Å². The Bertz CT molecular complexity index is 1120. The standard InChI is InChI=1S/2C10H8O.C5H4S.2ClH.Ti/c2*11-10-7-3-5-8-4-1-2-6-9(8)10;1-5-3-2-4-6-5;;;/h2*1-7,11H;1-4H;2*1H;/p-2. The van der Waals surface area contributed by atoms with E-state index in [9.17, 15) is 10.2 Å². The Hall–Kier alpha value is -2.14. The van der Waals surface area contributed by atoms with E-state index in [1.165, 1.54) is 4.88 Å². The Morgan fingerprint density at radius 3 is 1.39 bits per heavy atom. The second kappa shape index (κ2) is 14.0. The van der Waals surface area contributed by atoms with Crippen molar-refractivity contribution >= 4 is 37.2 Å². The molecule has 1 heterocycles. The van der Waals surface area contributed by atoms with Gasteiger partial charge in [-0.1, -0.05) is 72.8 Å². The molecule has 0 saturated heterocycles. The van der Waals surface area contributed by atoms with E-state index in [1.807, 2.05) is 92.8 Å². The van der Waals surface area contributed by atoms with Crippen LogP contribution in [0.1, 0.15) is 4.88 Å². The number of halogens is 2. The number of phenols is 2. The number of phenolic OH excluding ortho intramolecular Hbond substituents is 2. The van der Waals surface area contributed by atoms with Crippen LogP contribution in [0.3, 0.4) is 0 Å². The minimum absolute atomic E-state index is 0. The Morgan fingerprint density at radius 1 is 0.581 bits per heavy atom. The average Bonchev–Trinajstić information content (AvgIpc) is 3.30. The Balaban J connectivity index is 0.000000231. The van der Waals surface area contributed by atoms with Gasteiger partial charge in [0.25, 0.3) is 0 Å². The Morgan fingerprint density at radius 2 is 1.03 bits per heavy atom. The van der Waals surface area contributed by atoms with Crippen molar-refractivity contribution in [2.45, 2.75) is 0 Å². The summed E-state index contributed by atoms with van der Waals surface area (Å²) in [7, 11) is 0. The van der Waals surface area contributed by atoms with Gasteiger partial charge in [-0.25, -0.2) is 0 Å². The van der Waals surface area contributed by atoms with E-state index in [0.29, 0.717) is 11.5 Å². The van der Waals surface area contributed by atoms with Gasteiger partial charge in [0.15, 0.2) is 0 Å². The first-order valence-corrected chi connectivity index (χ1v) is 10.8. The summed E-state index contributed by atoms with van der Waals surface area (Å²) in [6.45, 7) is 0. The summed E-state index contributed by atoms with van der Waals surface area (Å²) in [6, 6.07) is 30.7. The zero-order chi connectivity index (χ0) is 20.5. The van der Waals surface area contributed by atoms with Gasteiger partial charge in [-0.3, -0.25) is 0 Å². The summed E-state index contributed by atoms with van der Waals surface area (Å²) in [5.41, 5.74) is 0. The molecule has 5 aromatic rings. The predicted molar refractivity (Wildman–Crippen MR) is 121 cm³/mol. The molecule has 31 heavy (non-hydrogen) atoms. The van der Waals surface area contributed by atoms with Crippen LogP contribution in [-0.4, -0.2) is 14.5 Å². The van der Waals surface area contributed by atoms with Gasteiger partial charge in [0.2, 0.25) is 0 Å². The number of hydrogen-bond donors (Lipinski definition) is 2. The van der Waals surface area contributed by atoms with Crippen molar-refractivity contribution in [2.75, 3.05) is 0 Å². The topological polar surface area (TPSA) is 40.5 Å². The van der Waals surface area contributed by atoms with E-state index in [2.05, 4.69) is 21.8 Å². The SMILES string of the molecule is Oc1cccc2ccccc12.Oc1cccc2ccccc12.[Cl-].[Cl-].[Ti]=[CH]c1cccs1. The van der Waals surface area contributed by atoms with Crippen molar-refractivity contribution in [2.24, 2.45) is 0 Å². The maximum atomic E-state index is 9.37. The zero-order valence-corrected chi connectivity index (χ0v) is 20.3. The van der Waals surface area contributed by atoms with Crippen molar-refractivity contribution in [1.29, 1.82) is 0 Å². The van der Waals surface area contributed by atoms with Gasteiger partial charge < -0.3 is 35.0 Å². The molecule has 0 radical (unpaired) electrons. The van der Waals surface area contributed by atoms with Crippen LogP contribution >= 0.6 is 11.3 Å². The number of thiophene rings is 1. The second-order valence-electron chi connectivity index (χ2n) is 6.16. The average molecular weight is 503 g/mol. The van der Waals surface area contributed by atoms with Crippen LogP contribution in [0.4, 0.5) is 0 Å². The van der Waals surface area contributed by atoms with Crippen molar-refractivity contribution < 1.29 is 55.0 Å². The van der Waals surface area contributed by atoms with Crippen molar-refractivity contribution in [3.8, 4) is 11.5 Å². The molecule has 0 bridgehead atoms. The van der Waals surface area contributed by atoms with Crippen molar-refractivity contribution in [3.05, 3.63) is 107 Å². The van der Waals surface area contributed by atoms with Crippen LogP contribution < -0.4 is 24.8 Å². The quantitative estimate of drug-likeness (QED) is 0.328. The fourth-order valence-electron chi connectivity index (χ4n) is 2.79. The first kappa shape index (κ1) is 26.9. The zero-order valence-electron chi connectivity index (χ0n) is 16.5. The first-order valence-electron chi connectivity index (χ1n) is 9.06. The van der Waals surface area contributed by atoms with Crippen LogP contribution in [0.15, 0.2) is 102 Å². The minimum atomic E-state index is 0. The number of hydrogen-bond acceptors (Lipinski definition) is 3. The van der Waals surface area contributed by atoms with Crippen LogP contribution in [0, 0.1) is 0 Å². The van der Waals surface area contributed by atoms with Gasteiger partial charge in [-0.2, -0.15) is 0 Å². The number of aromatic hydroxyl groups is 2. The fraction of sp³-hybridized carbons (Fsp3) is 0. The molecule has 6 heteroatoms. The Labute approximate surface area is 209 Å². The molecule has 158 valence electrons. The third kappa shape index (κ3) is 7.81. The fourth-order valence-corrected chi connectivity index (χ4v) is 3.80. The molecule has 2 nitrogen and oxygen atoms in total. The summed E-state index contributed by atoms with van der Waals surface area (Å²) < 4.78 is 2.10. The third-order valence-corrected chi connectivity index (χ3v) is 5.85. The molecule has 0 fully saturated rings. The molecular formula is C25H20Cl2O2STi-2. The van der Waals surface area contributed by atoms with E-state index >= 15 is 0 Å². The molecule has 0 amide bonds. The van der Waals surface area contributed by atoms with Gasteiger partial charge in [0, 0.05) is 10.8 Å². The first-order chi connectivity index (χ1) is 14.2. The second-order valence-corrected chi connectivity index (χ2v) is 7.59. The van der Waals surface area contributed by atoms with Gasteiger partial charge in [-0.15, -0.1) is 0 Å². The Kier molecular flexibility index (Phi) is 12.2. The van der Waals surface area contributed by atoms with E-state index in [-0.39, 0.29) is 24.8 Å². The summed E-state index contributed by atoms with van der Waals surface area (Å²) in [5, 5.41) is 24.8. The molecule has 1 aromatic heterocycles. The van der Waals surface area contributed by atoms with Crippen LogP contribution in [0.5, 0.6) is 11.5 Å². The molecule has 0 spiro atoms. The molecule has 5 rings (SSSR count). The number of rotatable bonds is 1. The van der Waals surface area contributed by atoms with Gasteiger partial charge in [0.1, 0.15) is 11.5 Å². The summed E-state index contributed by atoms with van der Waals surface area (Å²) in [4.78, 5) is 1.35. The van der Waals surface area contributed by atoms with Crippen molar-refractivity contribution in [3.63, 3.8) is 0 Å². The van der Waals surface area contributed by atoms with Gasteiger partial charge in [-0.05, 0) is 22.9 Å². The molecule has 2 N–H and O–H groups in total. The monoisotopic (exact) mass is 502 g/mol. The van der Waals surface area contributed by atoms with Gasteiger partial charge in [0.05, 0.1) is 0 Å². The summed E-state index contributed by atoms with van der Waals surface area (Å²) in [5.74, 6) is 0.700. The number of fused-ring (bicyclic) bond motifs is 2. The molecular weight excluding hydrogens is 483 g/mol.